The maximum Gasteiger partial charge on any atom is 0.239 e. The van der Waals surface area contributed by atoms with Gasteiger partial charge in [0.1, 0.15) is 0 Å². The minimum atomic E-state index is -0.0514. The molecule has 15 heavy (non-hydrogen) atoms. The third-order valence-electron chi connectivity index (χ3n) is 2.71. The SMILES string of the molecule is COCC(CNC1CCN(C)C1=O)OC. The van der Waals surface area contributed by atoms with E-state index in [0.717, 1.165) is 13.0 Å². The van der Waals surface area contributed by atoms with Crippen LogP contribution < -0.4 is 5.32 Å². The molecule has 0 spiro atoms. The molecule has 0 aliphatic carbocycles. The van der Waals surface area contributed by atoms with Crippen LogP contribution in [0.3, 0.4) is 0 Å². The topological polar surface area (TPSA) is 50.8 Å². The van der Waals surface area contributed by atoms with Crippen molar-refractivity contribution in [2.75, 3.05) is 41.0 Å². The van der Waals surface area contributed by atoms with Gasteiger partial charge < -0.3 is 19.7 Å². The van der Waals surface area contributed by atoms with E-state index in [1.807, 2.05) is 7.05 Å². The van der Waals surface area contributed by atoms with Gasteiger partial charge in [-0.2, -0.15) is 0 Å². The summed E-state index contributed by atoms with van der Waals surface area (Å²) in [6.45, 7) is 2.02. The van der Waals surface area contributed by atoms with Gasteiger partial charge in [-0.3, -0.25) is 4.79 Å². The number of nitrogens with zero attached hydrogens (tertiary/aromatic N) is 1. The van der Waals surface area contributed by atoms with Crippen LogP contribution in [0.25, 0.3) is 0 Å². The molecule has 1 rings (SSSR count). The molecule has 0 aromatic carbocycles. The van der Waals surface area contributed by atoms with Crippen molar-refractivity contribution in [2.45, 2.75) is 18.6 Å². The average Bonchev–Trinajstić information content (AvgIpc) is 2.55. The first-order valence-electron chi connectivity index (χ1n) is 5.19. The Hall–Kier alpha value is -0.650. The predicted molar refractivity (Wildman–Crippen MR) is 56.7 cm³/mol. The van der Waals surface area contributed by atoms with Crippen LogP contribution in [0.1, 0.15) is 6.42 Å². The number of carbonyl (C=O) groups excluding carboxylic acids is 1. The lowest BCUT2D eigenvalue weighted by Gasteiger charge is -2.17. The number of nitrogens with one attached hydrogen (secondary N) is 1. The van der Waals surface area contributed by atoms with Crippen molar-refractivity contribution in [3.05, 3.63) is 0 Å². The molecule has 1 saturated heterocycles. The van der Waals surface area contributed by atoms with Gasteiger partial charge in [0.15, 0.2) is 0 Å². The van der Waals surface area contributed by atoms with Crippen LogP contribution >= 0.6 is 0 Å². The second-order valence-corrected chi connectivity index (χ2v) is 3.82. The number of likely N-dealkylation sites (tertiary alicyclic amines) is 1. The van der Waals surface area contributed by atoms with Crippen molar-refractivity contribution in [2.24, 2.45) is 0 Å². The van der Waals surface area contributed by atoms with Gasteiger partial charge in [0.25, 0.3) is 0 Å². The molecule has 88 valence electrons. The lowest BCUT2D eigenvalue weighted by Crippen LogP contribution is -2.42. The van der Waals surface area contributed by atoms with E-state index < -0.39 is 0 Å². The Morgan fingerprint density at radius 3 is 2.80 bits per heavy atom. The summed E-state index contributed by atoms with van der Waals surface area (Å²) in [5, 5.41) is 3.20. The molecule has 1 aliphatic rings. The Morgan fingerprint density at radius 2 is 2.33 bits per heavy atom. The number of methoxy groups -OCH3 is 2. The fraction of sp³-hybridized carbons (Fsp3) is 0.900. The highest BCUT2D eigenvalue weighted by atomic mass is 16.5. The summed E-state index contributed by atoms with van der Waals surface area (Å²) in [6, 6.07) is -0.0514. The summed E-state index contributed by atoms with van der Waals surface area (Å²) in [5.41, 5.74) is 0. The smallest absolute Gasteiger partial charge is 0.239 e. The molecule has 1 fully saturated rings. The van der Waals surface area contributed by atoms with Gasteiger partial charge in [-0.25, -0.2) is 0 Å². The van der Waals surface area contributed by atoms with Crippen LogP contribution in [0.5, 0.6) is 0 Å². The van der Waals surface area contributed by atoms with E-state index in [1.54, 1.807) is 19.1 Å². The highest BCUT2D eigenvalue weighted by Crippen LogP contribution is 2.08. The van der Waals surface area contributed by atoms with Gasteiger partial charge in [0.2, 0.25) is 5.91 Å². The number of hydrogen-bond donors (Lipinski definition) is 1. The average molecular weight is 216 g/mol. The van der Waals surface area contributed by atoms with Crippen molar-refractivity contribution in [3.8, 4) is 0 Å². The summed E-state index contributed by atoms with van der Waals surface area (Å²) < 4.78 is 10.2. The first kappa shape index (κ1) is 12.4. The van der Waals surface area contributed by atoms with E-state index >= 15 is 0 Å². The molecule has 0 aromatic heterocycles. The predicted octanol–water partition coefficient (Wildman–Crippen LogP) is -0.532. The quantitative estimate of drug-likeness (QED) is 0.648. The Bertz CT molecular complexity index is 211. The summed E-state index contributed by atoms with van der Waals surface area (Å²) in [5.74, 6) is 0.169. The molecule has 1 aliphatic heterocycles. The Balaban J connectivity index is 2.27. The number of ether oxygens (including phenoxy) is 2. The molecule has 0 aromatic rings. The lowest BCUT2D eigenvalue weighted by molar-refractivity contribution is -0.128. The Labute approximate surface area is 90.7 Å². The fourth-order valence-corrected chi connectivity index (χ4v) is 1.68. The second kappa shape index (κ2) is 6.05. The van der Waals surface area contributed by atoms with E-state index in [0.29, 0.717) is 13.2 Å². The molecule has 0 radical (unpaired) electrons. The third kappa shape index (κ3) is 3.44. The molecule has 2 unspecified atom stereocenters. The van der Waals surface area contributed by atoms with E-state index in [2.05, 4.69) is 5.32 Å². The molecule has 1 amide bonds. The minimum absolute atomic E-state index is 0.00806. The zero-order valence-electron chi connectivity index (χ0n) is 9.66. The van der Waals surface area contributed by atoms with Gasteiger partial charge >= 0.3 is 0 Å². The van der Waals surface area contributed by atoms with Gasteiger partial charge in [-0.05, 0) is 6.42 Å². The van der Waals surface area contributed by atoms with E-state index in [-0.39, 0.29) is 18.1 Å². The maximum absolute atomic E-state index is 11.6. The van der Waals surface area contributed by atoms with Crippen LogP contribution in [-0.4, -0.2) is 63.9 Å². The molecule has 1 heterocycles. The number of amides is 1. The first-order valence-corrected chi connectivity index (χ1v) is 5.19. The van der Waals surface area contributed by atoms with Crippen molar-refractivity contribution >= 4 is 5.91 Å². The molecule has 1 N–H and O–H groups in total. The number of carbonyl (C=O) groups is 1. The van der Waals surface area contributed by atoms with Crippen LogP contribution in [0.4, 0.5) is 0 Å². The van der Waals surface area contributed by atoms with Gasteiger partial charge in [0.05, 0.1) is 18.8 Å². The van der Waals surface area contributed by atoms with Crippen molar-refractivity contribution < 1.29 is 14.3 Å². The highest BCUT2D eigenvalue weighted by Gasteiger charge is 2.28. The van der Waals surface area contributed by atoms with E-state index in [9.17, 15) is 4.79 Å². The minimum Gasteiger partial charge on any atom is -0.382 e. The van der Waals surface area contributed by atoms with E-state index in [1.165, 1.54) is 0 Å². The van der Waals surface area contributed by atoms with Gasteiger partial charge in [-0.15, -0.1) is 0 Å². The van der Waals surface area contributed by atoms with Gasteiger partial charge in [0, 0.05) is 34.4 Å². The molecular formula is C10H20N2O3. The van der Waals surface area contributed by atoms with Crippen LogP contribution in [0.2, 0.25) is 0 Å². The molecule has 5 heteroatoms. The summed E-state index contributed by atoms with van der Waals surface area (Å²) in [6.07, 6.45) is 0.882. The second-order valence-electron chi connectivity index (χ2n) is 3.82. The van der Waals surface area contributed by atoms with Crippen molar-refractivity contribution in [3.63, 3.8) is 0 Å². The summed E-state index contributed by atoms with van der Waals surface area (Å²) in [7, 11) is 5.11. The zero-order valence-corrected chi connectivity index (χ0v) is 9.66. The zero-order chi connectivity index (χ0) is 11.3. The lowest BCUT2D eigenvalue weighted by atomic mass is 10.2. The maximum atomic E-state index is 11.6. The van der Waals surface area contributed by atoms with Crippen molar-refractivity contribution in [1.82, 2.24) is 10.2 Å². The normalized spacial score (nSPS) is 23.5. The van der Waals surface area contributed by atoms with Crippen LogP contribution in [0.15, 0.2) is 0 Å². The highest BCUT2D eigenvalue weighted by molar-refractivity contribution is 5.83. The number of likely N-dealkylation sites (N-methyl/N-ethyl adjacent to an activating group) is 1. The molecule has 2 atom stereocenters. The van der Waals surface area contributed by atoms with E-state index in [4.69, 9.17) is 9.47 Å². The fourth-order valence-electron chi connectivity index (χ4n) is 1.68. The molecule has 5 nitrogen and oxygen atoms in total. The number of hydrogen-bond acceptors (Lipinski definition) is 4. The summed E-state index contributed by atoms with van der Waals surface area (Å²) >= 11 is 0. The largest absolute Gasteiger partial charge is 0.382 e. The third-order valence-corrected chi connectivity index (χ3v) is 2.71. The molecular weight excluding hydrogens is 196 g/mol. The summed E-state index contributed by atoms with van der Waals surface area (Å²) in [4.78, 5) is 13.3. The van der Waals surface area contributed by atoms with Crippen LogP contribution in [-0.2, 0) is 14.3 Å². The molecule has 0 saturated carbocycles. The standard InChI is InChI=1S/C10H20N2O3/c1-12-5-4-9(10(12)13)11-6-8(15-3)7-14-2/h8-9,11H,4-7H2,1-3H3. The first-order chi connectivity index (χ1) is 7.19. The Kier molecular flexibility index (Phi) is 5.01. The van der Waals surface area contributed by atoms with Crippen LogP contribution in [0, 0.1) is 0 Å². The van der Waals surface area contributed by atoms with Crippen molar-refractivity contribution in [1.29, 1.82) is 0 Å². The monoisotopic (exact) mass is 216 g/mol. The molecule has 0 bridgehead atoms. The Morgan fingerprint density at radius 1 is 1.60 bits per heavy atom. The van der Waals surface area contributed by atoms with Gasteiger partial charge in [-0.1, -0.05) is 0 Å². The number of rotatable bonds is 6.